The van der Waals surface area contributed by atoms with Gasteiger partial charge in [-0.25, -0.2) is 0 Å². The van der Waals surface area contributed by atoms with E-state index in [9.17, 15) is 0 Å². The Morgan fingerprint density at radius 1 is 1.29 bits per heavy atom. The quantitative estimate of drug-likeness (QED) is 0.901. The van der Waals surface area contributed by atoms with Gasteiger partial charge in [-0.15, -0.1) is 0 Å². The van der Waals surface area contributed by atoms with Crippen LogP contribution in [0.25, 0.3) is 0 Å². The first-order valence-electron chi connectivity index (χ1n) is 6.32. The number of hydrogen-bond donors (Lipinski definition) is 1. The first-order chi connectivity index (χ1) is 8.25. The highest BCUT2D eigenvalue weighted by molar-refractivity contribution is 7.99. The minimum Gasteiger partial charge on any atom is -0.327 e. The summed E-state index contributed by atoms with van der Waals surface area (Å²) in [6.07, 6.45) is 4.72. The van der Waals surface area contributed by atoms with Crippen LogP contribution in [0.2, 0.25) is 5.02 Å². The molecule has 1 atom stereocenters. The van der Waals surface area contributed by atoms with Gasteiger partial charge in [-0.05, 0) is 54.7 Å². The van der Waals surface area contributed by atoms with Crippen LogP contribution in [-0.2, 0) is 6.42 Å². The Labute approximate surface area is 113 Å². The van der Waals surface area contributed by atoms with Crippen molar-refractivity contribution < 1.29 is 0 Å². The normalized spacial score (nSPS) is 19.2. The minimum atomic E-state index is 0.253. The third-order valence-corrected chi connectivity index (χ3v) is 4.83. The number of hydrogen-bond acceptors (Lipinski definition) is 2. The van der Waals surface area contributed by atoms with Crippen molar-refractivity contribution in [2.24, 2.45) is 11.7 Å². The third-order valence-electron chi connectivity index (χ3n) is 3.42. The van der Waals surface area contributed by atoms with Crippen molar-refractivity contribution in [3.63, 3.8) is 0 Å². The van der Waals surface area contributed by atoms with E-state index in [2.05, 4.69) is 17.8 Å². The summed E-state index contributed by atoms with van der Waals surface area (Å²) in [4.78, 5) is 0. The highest BCUT2D eigenvalue weighted by Gasteiger charge is 2.17. The minimum absolute atomic E-state index is 0.253. The van der Waals surface area contributed by atoms with E-state index in [0.29, 0.717) is 0 Å². The van der Waals surface area contributed by atoms with E-state index < -0.39 is 0 Å². The van der Waals surface area contributed by atoms with E-state index in [4.69, 9.17) is 17.3 Å². The zero-order chi connectivity index (χ0) is 12.1. The van der Waals surface area contributed by atoms with Gasteiger partial charge < -0.3 is 5.73 Å². The zero-order valence-electron chi connectivity index (χ0n) is 10.1. The standard InChI is InChI=1S/C14H20ClNS/c15-14-4-2-1-3-12(14)10-13(16)9-11-5-7-17-8-6-11/h1-4,11,13H,5-10,16H2. The summed E-state index contributed by atoms with van der Waals surface area (Å²) in [6, 6.07) is 8.28. The molecule has 1 aliphatic rings. The molecule has 17 heavy (non-hydrogen) atoms. The Hall–Kier alpha value is -0.180. The SMILES string of the molecule is NC(Cc1ccccc1Cl)CC1CCSCC1. The molecule has 1 heterocycles. The van der Waals surface area contributed by atoms with E-state index >= 15 is 0 Å². The molecule has 2 rings (SSSR count). The zero-order valence-corrected chi connectivity index (χ0v) is 11.6. The molecule has 0 bridgehead atoms. The van der Waals surface area contributed by atoms with Crippen molar-refractivity contribution >= 4 is 23.4 Å². The summed E-state index contributed by atoms with van der Waals surface area (Å²) < 4.78 is 0. The van der Waals surface area contributed by atoms with Crippen molar-refractivity contribution in [3.05, 3.63) is 34.9 Å². The molecule has 0 radical (unpaired) electrons. The smallest absolute Gasteiger partial charge is 0.0438 e. The van der Waals surface area contributed by atoms with Crippen molar-refractivity contribution in [1.82, 2.24) is 0 Å². The van der Waals surface area contributed by atoms with Gasteiger partial charge in [0.25, 0.3) is 0 Å². The van der Waals surface area contributed by atoms with Gasteiger partial charge in [0.2, 0.25) is 0 Å². The molecule has 0 spiro atoms. The number of rotatable bonds is 4. The van der Waals surface area contributed by atoms with E-state index in [1.807, 2.05) is 18.2 Å². The van der Waals surface area contributed by atoms with Gasteiger partial charge in [0.05, 0.1) is 0 Å². The maximum Gasteiger partial charge on any atom is 0.0438 e. The summed E-state index contributed by atoms with van der Waals surface area (Å²) >= 11 is 8.22. The maximum absolute atomic E-state index is 6.24. The van der Waals surface area contributed by atoms with Crippen molar-refractivity contribution in [3.8, 4) is 0 Å². The Balaban J connectivity index is 1.84. The lowest BCUT2D eigenvalue weighted by Crippen LogP contribution is -2.27. The van der Waals surface area contributed by atoms with Crippen LogP contribution in [-0.4, -0.2) is 17.5 Å². The molecule has 1 aromatic rings. The van der Waals surface area contributed by atoms with Crippen LogP contribution < -0.4 is 5.73 Å². The average molecular weight is 270 g/mol. The van der Waals surface area contributed by atoms with Gasteiger partial charge in [-0.1, -0.05) is 29.8 Å². The maximum atomic E-state index is 6.24. The van der Waals surface area contributed by atoms with E-state index in [1.165, 1.54) is 29.9 Å². The lowest BCUT2D eigenvalue weighted by molar-refractivity contribution is 0.406. The molecule has 1 nitrogen and oxygen atoms in total. The highest BCUT2D eigenvalue weighted by atomic mass is 35.5. The lowest BCUT2D eigenvalue weighted by atomic mass is 9.91. The molecule has 3 heteroatoms. The van der Waals surface area contributed by atoms with Crippen molar-refractivity contribution in [1.29, 1.82) is 0 Å². The second kappa shape index (κ2) is 6.67. The van der Waals surface area contributed by atoms with Crippen LogP contribution in [0.4, 0.5) is 0 Å². The highest BCUT2D eigenvalue weighted by Crippen LogP contribution is 2.27. The van der Waals surface area contributed by atoms with Crippen LogP contribution in [0.3, 0.4) is 0 Å². The molecule has 0 aliphatic carbocycles. The number of nitrogens with two attached hydrogens (primary N) is 1. The molecular weight excluding hydrogens is 250 g/mol. The fraction of sp³-hybridized carbons (Fsp3) is 0.571. The van der Waals surface area contributed by atoms with Crippen LogP contribution in [0.5, 0.6) is 0 Å². The van der Waals surface area contributed by atoms with Gasteiger partial charge in [-0.3, -0.25) is 0 Å². The van der Waals surface area contributed by atoms with E-state index in [0.717, 1.165) is 23.8 Å². The lowest BCUT2D eigenvalue weighted by Gasteiger charge is -2.24. The summed E-state index contributed by atoms with van der Waals surface area (Å²) in [5, 5.41) is 0.849. The monoisotopic (exact) mass is 269 g/mol. The Bertz CT molecular complexity index is 350. The van der Waals surface area contributed by atoms with E-state index in [-0.39, 0.29) is 6.04 Å². The van der Waals surface area contributed by atoms with E-state index in [1.54, 1.807) is 0 Å². The molecule has 94 valence electrons. The number of benzene rings is 1. The van der Waals surface area contributed by atoms with Crippen molar-refractivity contribution in [2.45, 2.75) is 31.7 Å². The third kappa shape index (κ3) is 4.20. The molecule has 1 aromatic carbocycles. The molecule has 2 N–H and O–H groups in total. The molecule has 1 unspecified atom stereocenters. The Kier molecular flexibility index (Phi) is 5.20. The largest absolute Gasteiger partial charge is 0.327 e. The van der Waals surface area contributed by atoms with Gasteiger partial charge >= 0.3 is 0 Å². The van der Waals surface area contributed by atoms with Crippen LogP contribution in [0.1, 0.15) is 24.8 Å². The van der Waals surface area contributed by atoms with Gasteiger partial charge in [0, 0.05) is 11.1 Å². The number of thioether (sulfide) groups is 1. The second-order valence-electron chi connectivity index (χ2n) is 4.85. The molecular formula is C14H20ClNS. The predicted octanol–water partition coefficient (Wildman–Crippen LogP) is 3.74. The summed E-state index contributed by atoms with van der Waals surface area (Å²) in [5.41, 5.74) is 7.43. The average Bonchev–Trinajstić information content (AvgIpc) is 2.33. The fourth-order valence-electron chi connectivity index (χ4n) is 2.44. The molecule has 0 saturated carbocycles. The molecule has 1 saturated heterocycles. The van der Waals surface area contributed by atoms with Crippen LogP contribution >= 0.6 is 23.4 Å². The Morgan fingerprint density at radius 3 is 2.71 bits per heavy atom. The topological polar surface area (TPSA) is 26.0 Å². The molecule has 1 aliphatic heterocycles. The van der Waals surface area contributed by atoms with Crippen molar-refractivity contribution in [2.75, 3.05) is 11.5 Å². The molecule has 1 fully saturated rings. The second-order valence-corrected chi connectivity index (χ2v) is 6.48. The fourth-order valence-corrected chi connectivity index (χ4v) is 3.86. The Morgan fingerprint density at radius 2 is 2.00 bits per heavy atom. The van der Waals surface area contributed by atoms with Gasteiger partial charge in [-0.2, -0.15) is 11.8 Å². The first kappa shape index (κ1) is 13.3. The van der Waals surface area contributed by atoms with Gasteiger partial charge in [0.15, 0.2) is 0 Å². The van der Waals surface area contributed by atoms with Crippen LogP contribution in [0, 0.1) is 5.92 Å². The first-order valence-corrected chi connectivity index (χ1v) is 7.85. The predicted molar refractivity (Wildman–Crippen MR) is 77.8 cm³/mol. The number of halogens is 1. The van der Waals surface area contributed by atoms with Gasteiger partial charge in [0.1, 0.15) is 0 Å². The molecule has 0 aromatic heterocycles. The molecule has 0 amide bonds. The summed E-state index contributed by atoms with van der Waals surface area (Å²) in [5.74, 6) is 3.45. The summed E-state index contributed by atoms with van der Waals surface area (Å²) in [6.45, 7) is 0. The summed E-state index contributed by atoms with van der Waals surface area (Å²) in [7, 11) is 0. The van der Waals surface area contributed by atoms with Crippen LogP contribution in [0.15, 0.2) is 24.3 Å².